The van der Waals surface area contributed by atoms with Gasteiger partial charge in [0.2, 0.25) is 0 Å². The Morgan fingerprint density at radius 2 is 2.00 bits per heavy atom. The van der Waals surface area contributed by atoms with Crippen LogP contribution in [0, 0.1) is 0 Å². The first-order chi connectivity index (χ1) is 5.87. The Balaban J connectivity index is 0. The van der Waals surface area contributed by atoms with E-state index in [-0.39, 0.29) is 25.2 Å². The number of rotatable bonds is 4. The predicted octanol–water partition coefficient (Wildman–Crippen LogP) is 1.64. The summed E-state index contributed by atoms with van der Waals surface area (Å²) in [7, 11) is 1.14. The normalized spacial score (nSPS) is 12.9. The molecule has 0 amide bonds. The van der Waals surface area contributed by atoms with Gasteiger partial charge in [-0.25, -0.2) is 0 Å². The van der Waals surface area contributed by atoms with Gasteiger partial charge in [0, 0.05) is 6.42 Å². The fourth-order valence-electron chi connectivity index (χ4n) is 0.792. The van der Waals surface area contributed by atoms with E-state index in [1.807, 2.05) is 0 Å². The molecular weight excluding hydrogens is 223 g/mol. The highest BCUT2D eigenvalue weighted by atomic mass is 35.5. The van der Waals surface area contributed by atoms with Crippen LogP contribution in [0.4, 0.5) is 13.2 Å². The molecule has 0 aromatic rings. The molecule has 0 aromatic heterocycles. The number of ether oxygens (including phenoxy) is 1. The van der Waals surface area contributed by atoms with E-state index in [1.165, 1.54) is 0 Å². The molecule has 0 aliphatic heterocycles. The SMILES string of the molecule is COC(=O)[C@H](N)CCCC(F)(F)F.Cl. The molecule has 0 heterocycles. The standard InChI is InChI=1S/C7H12F3NO2.ClH/c1-13-6(12)5(11)3-2-4-7(8,9)10;/h5H,2-4,11H2,1H3;1H/t5-;/m1./s1. The van der Waals surface area contributed by atoms with Crippen LogP contribution in [0.3, 0.4) is 0 Å². The molecular formula is C7H13ClF3NO2. The molecule has 0 rings (SSSR count). The molecule has 1 atom stereocenters. The van der Waals surface area contributed by atoms with E-state index in [0.29, 0.717) is 0 Å². The Morgan fingerprint density at radius 1 is 1.50 bits per heavy atom. The van der Waals surface area contributed by atoms with Crippen LogP contribution in [0.15, 0.2) is 0 Å². The molecule has 2 N–H and O–H groups in total. The summed E-state index contributed by atoms with van der Waals surface area (Å²) in [5.74, 6) is -0.679. The summed E-state index contributed by atoms with van der Waals surface area (Å²) >= 11 is 0. The molecule has 0 saturated heterocycles. The van der Waals surface area contributed by atoms with Gasteiger partial charge >= 0.3 is 12.1 Å². The van der Waals surface area contributed by atoms with Gasteiger partial charge in [-0.1, -0.05) is 0 Å². The number of hydrogen-bond donors (Lipinski definition) is 1. The number of halogens is 4. The molecule has 0 aliphatic carbocycles. The summed E-state index contributed by atoms with van der Waals surface area (Å²) in [6.07, 6.45) is -5.26. The lowest BCUT2D eigenvalue weighted by atomic mass is 10.1. The fraction of sp³-hybridized carbons (Fsp3) is 0.857. The molecule has 86 valence electrons. The van der Waals surface area contributed by atoms with E-state index < -0.39 is 24.6 Å². The van der Waals surface area contributed by atoms with Crippen LogP contribution in [0.25, 0.3) is 0 Å². The van der Waals surface area contributed by atoms with Gasteiger partial charge in [-0.15, -0.1) is 12.4 Å². The lowest BCUT2D eigenvalue weighted by Gasteiger charge is -2.09. The van der Waals surface area contributed by atoms with Crippen molar-refractivity contribution in [2.45, 2.75) is 31.5 Å². The zero-order chi connectivity index (χ0) is 10.5. The van der Waals surface area contributed by atoms with Crippen molar-refractivity contribution in [3.8, 4) is 0 Å². The maximum Gasteiger partial charge on any atom is 0.389 e. The van der Waals surface area contributed by atoms with Crippen molar-refractivity contribution >= 4 is 18.4 Å². The third kappa shape index (κ3) is 8.12. The van der Waals surface area contributed by atoms with Gasteiger partial charge in [0.15, 0.2) is 0 Å². The monoisotopic (exact) mass is 235 g/mol. The third-order valence-corrected chi connectivity index (χ3v) is 1.48. The number of carbonyl (C=O) groups excluding carboxylic acids is 1. The first-order valence-corrected chi connectivity index (χ1v) is 3.77. The Hall–Kier alpha value is -0.490. The highest BCUT2D eigenvalue weighted by Gasteiger charge is 2.27. The summed E-state index contributed by atoms with van der Waals surface area (Å²) in [6.45, 7) is 0. The predicted molar refractivity (Wildman–Crippen MR) is 47.1 cm³/mol. The van der Waals surface area contributed by atoms with Gasteiger partial charge in [0.25, 0.3) is 0 Å². The summed E-state index contributed by atoms with van der Waals surface area (Å²) < 4.78 is 39.1. The topological polar surface area (TPSA) is 52.3 Å². The Bertz CT molecular complexity index is 175. The van der Waals surface area contributed by atoms with E-state index in [2.05, 4.69) is 4.74 Å². The maximum atomic E-state index is 11.6. The molecule has 0 aromatic carbocycles. The van der Waals surface area contributed by atoms with Crippen molar-refractivity contribution < 1.29 is 22.7 Å². The van der Waals surface area contributed by atoms with Gasteiger partial charge in [0.05, 0.1) is 7.11 Å². The van der Waals surface area contributed by atoms with Crippen LogP contribution in [-0.4, -0.2) is 25.3 Å². The maximum absolute atomic E-state index is 11.6. The van der Waals surface area contributed by atoms with Crippen molar-refractivity contribution in [3.05, 3.63) is 0 Å². The lowest BCUT2D eigenvalue weighted by Crippen LogP contribution is -2.31. The Kier molecular flexibility index (Phi) is 7.85. The molecule has 14 heavy (non-hydrogen) atoms. The lowest BCUT2D eigenvalue weighted by molar-refractivity contribution is -0.144. The van der Waals surface area contributed by atoms with E-state index >= 15 is 0 Å². The van der Waals surface area contributed by atoms with E-state index in [1.54, 1.807) is 0 Å². The van der Waals surface area contributed by atoms with Gasteiger partial charge in [-0.2, -0.15) is 13.2 Å². The van der Waals surface area contributed by atoms with Gasteiger partial charge in [-0.05, 0) is 12.8 Å². The largest absolute Gasteiger partial charge is 0.468 e. The summed E-state index contributed by atoms with van der Waals surface area (Å²) in [5.41, 5.74) is 5.22. The number of methoxy groups -OCH3 is 1. The average Bonchev–Trinajstić information content (AvgIpc) is 2.00. The fourth-order valence-corrected chi connectivity index (χ4v) is 0.792. The van der Waals surface area contributed by atoms with Crippen molar-refractivity contribution in [2.24, 2.45) is 5.73 Å². The van der Waals surface area contributed by atoms with Crippen LogP contribution in [-0.2, 0) is 9.53 Å². The van der Waals surface area contributed by atoms with E-state index in [4.69, 9.17) is 5.73 Å². The van der Waals surface area contributed by atoms with Crippen molar-refractivity contribution in [1.29, 1.82) is 0 Å². The second-order valence-corrected chi connectivity index (χ2v) is 2.64. The summed E-state index contributed by atoms with van der Waals surface area (Å²) in [5, 5.41) is 0. The number of esters is 1. The van der Waals surface area contributed by atoms with Crippen LogP contribution in [0.5, 0.6) is 0 Å². The summed E-state index contributed by atoms with van der Waals surface area (Å²) in [6, 6.07) is -0.952. The quantitative estimate of drug-likeness (QED) is 0.754. The van der Waals surface area contributed by atoms with Crippen molar-refractivity contribution in [3.63, 3.8) is 0 Å². The molecule has 7 heteroatoms. The molecule has 0 saturated carbocycles. The average molecular weight is 236 g/mol. The van der Waals surface area contributed by atoms with Gasteiger partial charge < -0.3 is 10.5 Å². The first kappa shape index (κ1) is 16.0. The number of nitrogens with two attached hydrogens (primary N) is 1. The van der Waals surface area contributed by atoms with Crippen LogP contribution in [0.2, 0.25) is 0 Å². The van der Waals surface area contributed by atoms with Crippen molar-refractivity contribution in [2.75, 3.05) is 7.11 Å². The molecule has 0 fully saturated rings. The minimum Gasteiger partial charge on any atom is -0.468 e. The van der Waals surface area contributed by atoms with Crippen molar-refractivity contribution in [1.82, 2.24) is 0 Å². The molecule has 3 nitrogen and oxygen atoms in total. The van der Waals surface area contributed by atoms with Gasteiger partial charge in [0.1, 0.15) is 6.04 Å². The minimum absolute atomic E-state index is 0. The molecule has 0 radical (unpaired) electrons. The van der Waals surface area contributed by atoms with E-state index in [0.717, 1.165) is 7.11 Å². The molecule has 0 spiro atoms. The number of alkyl halides is 3. The van der Waals surface area contributed by atoms with E-state index in [9.17, 15) is 18.0 Å². The second-order valence-electron chi connectivity index (χ2n) is 2.64. The Labute approximate surface area is 86.2 Å². The molecule has 0 bridgehead atoms. The number of hydrogen-bond acceptors (Lipinski definition) is 3. The molecule has 0 aliphatic rings. The highest BCUT2D eigenvalue weighted by molar-refractivity contribution is 5.85. The highest BCUT2D eigenvalue weighted by Crippen LogP contribution is 2.22. The first-order valence-electron chi connectivity index (χ1n) is 3.77. The summed E-state index contributed by atoms with van der Waals surface area (Å²) in [4.78, 5) is 10.6. The Morgan fingerprint density at radius 3 is 2.36 bits per heavy atom. The van der Waals surface area contributed by atoms with Gasteiger partial charge in [-0.3, -0.25) is 4.79 Å². The van der Waals surface area contributed by atoms with Crippen LogP contribution in [0.1, 0.15) is 19.3 Å². The van der Waals surface area contributed by atoms with Crippen LogP contribution < -0.4 is 5.73 Å². The number of carbonyl (C=O) groups is 1. The third-order valence-electron chi connectivity index (χ3n) is 1.48. The smallest absolute Gasteiger partial charge is 0.389 e. The molecule has 0 unspecified atom stereocenters. The minimum atomic E-state index is -4.18. The zero-order valence-electron chi connectivity index (χ0n) is 7.63. The zero-order valence-corrected chi connectivity index (χ0v) is 8.45. The van der Waals surface area contributed by atoms with Crippen LogP contribution >= 0.6 is 12.4 Å². The second kappa shape index (κ2) is 6.89.